The second-order valence-corrected chi connectivity index (χ2v) is 3.97. The van der Waals surface area contributed by atoms with Crippen molar-refractivity contribution in [3.05, 3.63) is 29.8 Å². The zero-order valence-corrected chi connectivity index (χ0v) is 8.88. The number of alkyl halides is 3. The Morgan fingerprint density at radius 3 is 2.12 bits per heavy atom. The van der Waals surface area contributed by atoms with Crippen molar-refractivity contribution >= 4 is 5.69 Å². The summed E-state index contributed by atoms with van der Waals surface area (Å²) in [5, 5.41) is 3.13. The Bertz CT molecular complexity index is 354. The van der Waals surface area contributed by atoms with Gasteiger partial charge >= 0.3 is 6.18 Å². The third-order valence-corrected chi connectivity index (χ3v) is 2.91. The minimum atomic E-state index is -4.25. The molecule has 88 valence electrons. The minimum absolute atomic E-state index is 0.386. The van der Waals surface area contributed by atoms with Crippen LogP contribution >= 0.6 is 0 Å². The summed E-state index contributed by atoms with van der Waals surface area (Å²) in [6.45, 7) is 1.77. The number of rotatable bonds is 2. The van der Waals surface area contributed by atoms with Gasteiger partial charge in [-0.15, -0.1) is 0 Å². The molecule has 5 heteroatoms. The molecule has 0 amide bonds. The summed E-state index contributed by atoms with van der Waals surface area (Å²) in [5.74, 6) is 0. The molecule has 1 aliphatic rings. The number of halogens is 3. The predicted molar refractivity (Wildman–Crippen MR) is 56.5 cm³/mol. The average Bonchev–Trinajstić information content (AvgIpc) is 2.14. The highest BCUT2D eigenvalue weighted by atomic mass is 19.4. The Labute approximate surface area is 92.1 Å². The van der Waals surface area contributed by atoms with Gasteiger partial charge in [-0.25, -0.2) is 0 Å². The third-order valence-electron chi connectivity index (χ3n) is 2.91. The molecule has 1 fully saturated rings. The van der Waals surface area contributed by atoms with Crippen molar-refractivity contribution in [1.82, 2.24) is 5.32 Å². The predicted octanol–water partition coefficient (Wildman–Crippen LogP) is 2.11. The fourth-order valence-corrected chi connectivity index (χ4v) is 1.64. The largest absolute Gasteiger partial charge is 0.416 e. The van der Waals surface area contributed by atoms with Crippen LogP contribution in [0.3, 0.4) is 0 Å². The standard InChI is InChI=1S/C11H13F3N2/c1-16(10-6-15-7-10)9-4-2-8(3-5-9)11(12,13)14/h2-5,10,15H,6-7H2,1H3. The van der Waals surface area contributed by atoms with Crippen LogP contribution in [0.5, 0.6) is 0 Å². The summed E-state index contributed by atoms with van der Waals surface area (Å²) in [6.07, 6.45) is -4.25. The summed E-state index contributed by atoms with van der Waals surface area (Å²) in [7, 11) is 1.90. The maximum absolute atomic E-state index is 12.3. The maximum Gasteiger partial charge on any atom is 0.416 e. The van der Waals surface area contributed by atoms with Crippen LogP contribution < -0.4 is 10.2 Å². The summed E-state index contributed by atoms with van der Waals surface area (Å²) >= 11 is 0. The van der Waals surface area contributed by atoms with Crippen LogP contribution in [-0.4, -0.2) is 26.2 Å². The summed E-state index contributed by atoms with van der Waals surface area (Å²) in [5.41, 5.74) is 0.218. The van der Waals surface area contributed by atoms with Gasteiger partial charge in [0, 0.05) is 25.8 Å². The van der Waals surface area contributed by atoms with Crippen LogP contribution in [0, 0.1) is 0 Å². The van der Waals surface area contributed by atoms with Gasteiger partial charge < -0.3 is 10.2 Å². The van der Waals surface area contributed by atoms with E-state index in [0.29, 0.717) is 6.04 Å². The summed E-state index contributed by atoms with van der Waals surface area (Å²) in [6, 6.07) is 5.66. The molecule has 2 nitrogen and oxygen atoms in total. The van der Waals surface area contributed by atoms with Gasteiger partial charge in [-0.3, -0.25) is 0 Å². The zero-order chi connectivity index (χ0) is 11.8. The van der Waals surface area contributed by atoms with E-state index >= 15 is 0 Å². The van der Waals surface area contributed by atoms with E-state index < -0.39 is 11.7 Å². The molecule has 0 radical (unpaired) electrons. The number of hydrogen-bond donors (Lipinski definition) is 1. The van der Waals surface area contributed by atoms with Crippen LogP contribution in [0.25, 0.3) is 0 Å². The Morgan fingerprint density at radius 2 is 1.75 bits per heavy atom. The van der Waals surface area contributed by atoms with Crippen molar-refractivity contribution in [2.45, 2.75) is 12.2 Å². The van der Waals surface area contributed by atoms with Crippen molar-refractivity contribution in [2.24, 2.45) is 0 Å². The first-order chi connectivity index (χ1) is 7.48. The van der Waals surface area contributed by atoms with E-state index in [9.17, 15) is 13.2 Å². The Kier molecular flexibility index (Phi) is 2.80. The number of anilines is 1. The van der Waals surface area contributed by atoms with Gasteiger partial charge in [0.15, 0.2) is 0 Å². The molecular weight excluding hydrogens is 217 g/mol. The molecule has 0 aromatic heterocycles. The summed E-state index contributed by atoms with van der Waals surface area (Å²) < 4.78 is 37.0. The molecule has 0 saturated carbocycles. The van der Waals surface area contributed by atoms with Crippen molar-refractivity contribution in [2.75, 3.05) is 25.0 Å². The quantitative estimate of drug-likeness (QED) is 0.837. The van der Waals surface area contributed by atoms with E-state index in [1.165, 1.54) is 12.1 Å². The van der Waals surface area contributed by atoms with E-state index in [2.05, 4.69) is 5.32 Å². The molecular formula is C11H13F3N2. The van der Waals surface area contributed by atoms with Crippen LogP contribution in [0.4, 0.5) is 18.9 Å². The molecule has 1 aromatic carbocycles. The number of nitrogens with one attached hydrogen (secondary N) is 1. The first-order valence-electron chi connectivity index (χ1n) is 5.09. The summed E-state index contributed by atoms with van der Waals surface area (Å²) in [4.78, 5) is 2.00. The van der Waals surface area contributed by atoms with Gasteiger partial charge in [0.1, 0.15) is 0 Å². The molecule has 2 rings (SSSR count). The lowest BCUT2D eigenvalue weighted by Gasteiger charge is -2.37. The third kappa shape index (κ3) is 2.14. The number of likely N-dealkylation sites (N-methyl/N-ethyl adjacent to an activating group) is 1. The van der Waals surface area contributed by atoms with Crippen molar-refractivity contribution in [3.63, 3.8) is 0 Å². The van der Waals surface area contributed by atoms with Gasteiger partial charge in [-0.05, 0) is 24.3 Å². The highest BCUT2D eigenvalue weighted by Crippen LogP contribution is 2.30. The topological polar surface area (TPSA) is 15.3 Å². The lowest BCUT2D eigenvalue weighted by atomic mass is 10.1. The van der Waals surface area contributed by atoms with E-state index in [0.717, 1.165) is 30.9 Å². The molecule has 1 N–H and O–H groups in total. The normalized spacial score (nSPS) is 17.0. The van der Waals surface area contributed by atoms with Crippen LogP contribution in [0.1, 0.15) is 5.56 Å². The number of hydrogen-bond acceptors (Lipinski definition) is 2. The molecule has 0 bridgehead atoms. The highest BCUT2D eigenvalue weighted by Gasteiger charge is 2.30. The highest BCUT2D eigenvalue weighted by molar-refractivity contribution is 5.48. The number of nitrogens with zero attached hydrogens (tertiary/aromatic N) is 1. The van der Waals surface area contributed by atoms with Crippen LogP contribution in [-0.2, 0) is 6.18 Å². The molecule has 0 aliphatic carbocycles. The van der Waals surface area contributed by atoms with E-state index in [-0.39, 0.29) is 0 Å². The fourth-order valence-electron chi connectivity index (χ4n) is 1.64. The van der Waals surface area contributed by atoms with Gasteiger partial charge in [0.2, 0.25) is 0 Å². The second-order valence-electron chi connectivity index (χ2n) is 3.97. The van der Waals surface area contributed by atoms with Crippen LogP contribution in [0.15, 0.2) is 24.3 Å². The van der Waals surface area contributed by atoms with E-state index in [1.54, 1.807) is 0 Å². The Morgan fingerprint density at radius 1 is 1.19 bits per heavy atom. The second kappa shape index (κ2) is 3.97. The minimum Gasteiger partial charge on any atom is -0.369 e. The Hall–Kier alpha value is -1.23. The zero-order valence-electron chi connectivity index (χ0n) is 8.88. The van der Waals surface area contributed by atoms with Gasteiger partial charge in [-0.1, -0.05) is 0 Å². The monoisotopic (exact) mass is 230 g/mol. The molecule has 1 aliphatic heterocycles. The number of benzene rings is 1. The van der Waals surface area contributed by atoms with Crippen LogP contribution in [0.2, 0.25) is 0 Å². The van der Waals surface area contributed by atoms with E-state index in [4.69, 9.17) is 0 Å². The fraction of sp³-hybridized carbons (Fsp3) is 0.455. The van der Waals surface area contributed by atoms with Gasteiger partial charge in [0.25, 0.3) is 0 Å². The SMILES string of the molecule is CN(c1ccc(C(F)(F)F)cc1)C1CNC1. The molecule has 1 saturated heterocycles. The van der Waals surface area contributed by atoms with Crippen molar-refractivity contribution < 1.29 is 13.2 Å². The van der Waals surface area contributed by atoms with Gasteiger partial charge in [0.05, 0.1) is 11.6 Å². The molecule has 16 heavy (non-hydrogen) atoms. The molecule has 1 heterocycles. The Balaban J connectivity index is 2.12. The maximum atomic E-state index is 12.3. The molecule has 0 unspecified atom stereocenters. The van der Waals surface area contributed by atoms with Crippen molar-refractivity contribution in [3.8, 4) is 0 Å². The molecule has 0 spiro atoms. The molecule has 1 aromatic rings. The smallest absolute Gasteiger partial charge is 0.369 e. The van der Waals surface area contributed by atoms with Gasteiger partial charge in [-0.2, -0.15) is 13.2 Å². The average molecular weight is 230 g/mol. The first-order valence-corrected chi connectivity index (χ1v) is 5.09. The van der Waals surface area contributed by atoms with Crippen molar-refractivity contribution in [1.29, 1.82) is 0 Å². The first kappa shape index (κ1) is 11.3. The lowest BCUT2D eigenvalue weighted by molar-refractivity contribution is -0.137. The lowest BCUT2D eigenvalue weighted by Crippen LogP contribution is -2.56. The van der Waals surface area contributed by atoms with E-state index in [1.807, 2.05) is 11.9 Å². The molecule has 0 atom stereocenters.